The maximum atomic E-state index is 3.57. The molecule has 0 aliphatic heterocycles. The van der Waals surface area contributed by atoms with Gasteiger partial charge in [-0.25, -0.2) is 11.1 Å². The Labute approximate surface area is 195 Å². The van der Waals surface area contributed by atoms with E-state index in [0.717, 1.165) is 0 Å². The van der Waals surface area contributed by atoms with Gasteiger partial charge in [0.2, 0.25) is 0 Å². The van der Waals surface area contributed by atoms with Crippen LogP contribution in [0, 0.1) is 23.0 Å². The van der Waals surface area contributed by atoms with E-state index in [1.807, 2.05) is 0 Å². The topological polar surface area (TPSA) is 0 Å². The van der Waals surface area contributed by atoms with E-state index in [9.17, 15) is 0 Å². The van der Waals surface area contributed by atoms with Crippen molar-refractivity contribution in [3.8, 4) is 0 Å². The molecule has 0 fully saturated rings. The summed E-state index contributed by atoms with van der Waals surface area (Å²) in [6.45, 7) is 22.3. The van der Waals surface area contributed by atoms with Gasteiger partial charge in [0.05, 0.1) is 0 Å². The minimum atomic E-state index is 0. The third kappa shape index (κ3) is 5.71. The van der Waals surface area contributed by atoms with E-state index in [-0.39, 0.29) is 56.3 Å². The molecule has 2 aliphatic rings. The largest absolute Gasteiger partial charge is 2.00 e. The molecule has 2 rings (SSSR count). The first-order chi connectivity index (χ1) is 11.0. The van der Waals surface area contributed by atoms with Crippen LogP contribution in [-0.2, 0) is 0 Å². The van der Waals surface area contributed by atoms with E-state index in [0.29, 0.717) is 0 Å². The summed E-state index contributed by atoms with van der Waals surface area (Å²) in [5.74, 6) is 0. The average molecular weight is 414 g/mol. The molecule has 25 heavy (non-hydrogen) atoms. The molecular formula is C24H38Sr. The molecule has 0 bridgehead atoms. The summed E-state index contributed by atoms with van der Waals surface area (Å²) in [5.41, 5.74) is 9.11. The maximum Gasteiger partial charge on any atom is 2.00 e. The van der Waals surface area contributed by atoms with Crippen molar-refractivity contribution in [1.29, 1.82) is 0 Å². The Hall–Kier alpha value is 0.441. The Bertz CT molecular complexity index is 546. The van der Waals surface area contributed by atoms with Crippen molar-refractivity contribution in [2.75, 3.05) is 0 Å². The zero-order valence-corrected chi connectivity index (χ0v) is 22.0. The van der Waals surface area contributed by atoms with Crippen LogP contribution in [0.2, 0.25) is 0 Å². The van der Waals surface area contributed by atoms with Crippen molar-refractivity contribution >= 4 is 45.5 Å². The molecule has 0 aromatic rings. The van der Waals surface area contributed by atoms with Gasteiger partial charge in [0.15, 0.2) is 0 Å². The predicted molar refractivity (Wildman–Crippen MR) is 113 cm³/mol. The SMILES string of the molecule is CCCC1(C)[C-]=C(C)C(C)=C1C.CCCC1(C)[C-]=C(C)C(C)=C1C.[Sr+2]. The van der Waals surface area contributed by atoms with Crippen molar-refractivity contribution in [3.05, 3.63) is 45.6 Å². The summed E-state index contributed by atoms with van der Waals surface area (Å²) < 4.78 is 0. The van der Waals surface area contributed by atoms with Crippen LogP contribution < -0.4 is 0 Å². The molecule has 0 nitrogen and oxygen atoms in total. The minimum Gasteiger partial charge on any atom is -0.263 e. The standard InChI is InChI=1S/2C12H19.Sr/c2*1-6-7-12(5)8-9(2)10(3)11(12)4;/h2*6-7H2,1-5H3;/q2*-1;+2. The van der Waals surface area contributed by atoms with E-state index in [1.165, 1.54) is 59.1 Å². The molecule has 0 saturated carbocycles. The van der Waals surface area contributed by atoms with Crippen LogP contribution in [0.1, 0.15) is 94.9 Å². The second kappa shape index (κ2) is 10.1. The smallest absolute Gasteiger partial charge is 0.263 e. The van der Waals surface area contributed by atoms with Gasteiger partial charge in [-0.05, 0) is 0 Å². The molecule has 2 aliphatic carbocycles. The molecule has 2 unspecified atom stereocenters. The van der Waals surface area contributed by atoms with Crippen LogP contribution >= 0.6 is 0 Å². The van der Waals surface area contributed by atoms with E-state index >= 15 is 0 Å². The van der Waals surface area contributed by atoms with Crippen LogP contribution in [0.4, 0.5) is 0 Å². The summed E-state index contributed by atoms with van der Waals surface area (Å²) >= 11 is 0. The van der Waals surface area contributed by atoms with Gasteiger partial charge in [-0.3, -0.25) is 12.2 Å². The van der Waals surface area contributed by atoms with Crippen LogP contribution in [0.5, 0.6) is 0 Å². The average Bonchev–Trinajstić information content (AvgIpc) is 2.81. The molecule has 0 aromatic carbocycles. The molecule has 0 N–H and O–H groups in total. The molecule has 0 saturated heterocycles. The zero-order valence-electron chi connectivity index (χ0n) is 18.5. The maximum absolute atomic E-state index is 3.57. The summed E-state index contributed by atoms with van der Waals surface area (Å²) in [6.07, 6.45) is 12.1. The van der Waals surface area contributed by atoms with E-state index in [1.54, 1.807) is 0 Å². The summed E-state index contributed by atoms with van der Waals surface area (Å²) in [4.78, 5) is 0. The molecule has 2 atom stereocenters. The molecular weight excluding hydrogens is 376 g/mol. The second-order valence-electron chi connectivity index (χ2n) is 8.16. The van der Waals surface area contributed by atoms with Crippen molar-refractivity contribution in [2.45, 2.75) is 94.9 Å². The Kier molecular flexibility index (Phi) is 10.3. The predicted octanol–water partition coefficient (Wildman–Crippen LogP) is 7.40. The normalized spacial score (nSPS) is 28.4. The molecule has 0 spiro atoms. The summed E-state index contributed by atoms with van der Waals surface area (Å²) in [6, 6.07) is 0. The van der Waals surface area contributed by atoms with Crippen LogP contribution in [-0.4, -0.2) is 45.5 Å². The second-order valence-corrected chi connectivity index (χ2v) is 8.16. The van der Waals surface area contributed by atoms with E-state index in [2.05, 4.69) is 81.4 Å². The van der Waals surface area contributed by atoms with Crippen molar-refractivity contribution in [1.82, 2.24) is 0 Å². The van der Waals surface area contributed by atoms with Crippen LogP contribution in [0.3, 0.4) is 0 Å². The Morgan fingerprint density at radius 2 is 0.920 bits per heavy atom. The molecule has 0 amide bonds. The molecule has 0 heterocycles. The Morgan fingerprint density at radius 1 is 0.640 bits per heavy atom. The number of hydrogen-bond acceptors (Lipinski definition) is 0. The Morgan fingerprint density at radius 3 is 1.08 bits per heavy atom. The van der Waals surface area contributed by atoms with Crippen molar-refractivity contribution < 1.29 is 0 Å². The van der Waals surface area contributed by atoms with Gasteiger partial charge < -0.3 is 0 Å². The third-order valence-corrected chi connectivity index (χ3v) is 6.33. The van der Waals surface area contributed by atoms with E-state index in [4.69, 9.17) is 0 Å². The van der Waals surface area contributed by atoms with Crippen molar-refractivity contribution in [3.63, 3.8) is 0 Å². The number of hydrogen-bond donors (Lipinski definition) is 0. The van der Waals surface area contributed by atoms with E-state index < -0.39 is 0 Å². The number of allylic oxidation sites excluding steroid dienone is 8. The van der Waals surface area contributed by atoms with Gasteiger partial charge in [0, 0.05) is 0 Å². The monoisotopic (exact) mass is 414 g/mol. The fourth-order valence-electron chi connectivity index (χ4n) is 4.09. The van der Waals surface area contributed by atoms with Gasteiger partial charge >= 0.3 is 45.5 Å². The zero-order chi connectivity index (χ0) is 18.7. The molecule has 0 aromatic heterocycles. The fraction of sp³-hybridized carbons (Fsp3) is 0.667. The summed E-state index contributed by atoms with van der Waals surface area (Å²) in [5, 5.41) is 0. The molecule has 0 radical (unpaired) electrons. The van der Waals surface area contributed by atoms with Crippen LogP contribution in [0.25, 0.3) is 0 Å². The van der Waals surface area contributed by atoms with Gasteiger partial charge in [-0.1, -0.05) is 91.9 Å². The first kappa shape index (κ1) is 25.4. The van der Waals surface area contributed by atoms with Gasteiger partial charge in [-0.15, -0.1) is 13.8 Å². The number of rotatable bonds is 4. The van der Waals surface area contributed by atoms with Gasteiger partial charge in [-0.2, -0.15) is 22.3 Å². The Balaban J connectivity index is 0.000000443. The first-order valence-corrected chi connectivity index (χ1v) is 9.62. The first-order valence-electron chi connectivity index (χ1n) is 9.62. The quantitative estimate of drug-likeness (QED) is 0.332. The summed E-state index contributed by atoms with van der Waals surface area (Å²) in [7, 11) is 0. The van der Waals surface area contributed by atoms with Crippen LogP contribution in [0.15, 0.2) is 33.4 Å². The fourth-order valence-corrected chi connectivity index (χ4v) is 4.09. The van der Waals surface area contributed by atoms with Gasteiger partial charge in [0.1, 0.15) is 0 Å². The third-order valence-electron chi connectivity index (χ3n) is 6.33. The van der Waals surface area contributed by atoms with Gasteiger partial charge in [0.25, 0.3) is 0 Å². The molecule has 136 valence electrons. The van der Waals surface area contributed by atoms with Crippen molar-refractivity contribution in [2.24, 2.45) is 10.8 Å². The minimum absolute atomic E-state index is 0. The molecule has 1 heteroatoms.